The van der Waals surface area contributed by atoms with E-state index in [1.54, 1.807) is 0 Å². The van der Waals surface area contributed by atoms with Crippen LogP contribution < -0.4 is 5.32 Å². The molecule has 0 radical (unpaired) electrons. The summed E-state index contributed by atoms with van der Waals surface area (Å²) in [6, 6.07) is 6.30. The van der Waals surface area contributed by atoms with E-state index in [0.717, 1.165) is 22.4 Å². The molecule has 0 saturated carbocycles. The van der Waals surface area contributed by atoms with Crippen LogP contribution in [0.25, 0.3) is 10.9 Å². The molecule has 0 aliphatic carbocycles. The van der Waals surface area contributed by atoms with Gasteiger partial charge < -0.3 is 10.2 Å². The van der Waals surface area contributed by atoms with Crippen LogP contribution in [0.4, 0.5) is 5.82 Å². The van der Waals surface area contributed by atoms with Crippen molar-refractivity contribution in [1.29, 1.82) is 0 Å². The van der Waals surface area contributed by atoms with Gasteiger partial charge in [0.1, 0.15) is 0 Å². The molecule has 0 spiro atoms. The van der Waals surface area contributed by atoms with Gasteiger partial charge in [0, 0.05) is 23.5 Å². The maximum atomic E-state index is 4.57. The van der Waals surface area contributed by atoms with Gasteiger partial charge in [0.15, 0.2) is 5.82 Å². The van der Waals surface area contributed by atoms with E-state index in [1.165, 1.54) is 44.3 Å². The Kier molecular flexibility index (Phi) is 4.27. The number of nitrogens with one attached hydrogen (secondary N) is 1. The van der Waals surface area contributed by atoms with Crippen molar-refractivity contribution >= 4 is 32.7 Å². The normalized spacial score (nSPS) is 16.1. The molecule has 1 N–H and O–H groups in total. The highest BCUT2D eigenvalue weighted by molar-refractivity contribution is 9.10. The first kappa shape index (κ1) is 13.9. The Bertz CT molecular complexity index is 587. The van der Waals surface area contributed by atoms with Crippen LogP contribution in [0.3, 0.4) is 0 Å². The summed E-state index contributed by atoms with van der Waals surface area (Å²) in [4.78, 5) is 2.55. The number of halogens is 1. The fourth-order valence-corrected chi connectivity index (χ4v) is 3.23. The molecule has 5 heteroatoms. The van der Waals surface area contributed by atoms with Crippen LogP contribution in [0.2, 0.25) is 0 Å². The summed E-state index contributed by atoms with van der Waals surface area (Å²) in [5.74, 6) is 0.997. The largest absolute Gasteiger partial charge is 0.368 e. The Labute approximate surface area is 128 Å². The number of fused-ring (bicyclic) bond motifs is 1. The summed E-state index contributed by atoms with van der Waals surface area (Å²) in [5.41, 5.74) is 1.15. The SMILES string of the molecule is Cn1nc(NCCCN2CCCC2)c2ccc(Br)cc21. The van der Waals surface area contributed by atoms with E-state index in [4.69, 9.17) is 0 Å². The van der Waals surface area contributed by atoms with E-state index < -0.39 is 0 Å². The third-order valence-electron chi connectivity index (χ3n) is 3.96. The van der Waals surface area contributed by atoms with Gasteiger partial charge in [-0.05, 0) is 57.1 Å². The van der Waals surface area contributed by atoms with Crippen molar-refractivity contribution in [1.82, 2.24) is 14.7 Å². The van der Waals surface area contributed by atoms with Gasteiger partial charge in [-0.2, -0.15) is 5.10 Å². The lowest BCUT2D eigenvalue weighted by Gasteiger charge is -2.14. The fraction of sp³-hybridized carbons (Fsp3) is 0.533. The minimum Gasteiger partial charge on any atom is -0.368 e. The molecule has 108 valence electrons. The first-order valence-corrected chi connectivity index (χ1v) is 8.12. The second-order valence-corrected chi connectivity index (χ2v) is 6.38. The van der Waals surface area contributed by atoms with Gasteiger partial charge in [0.25, 0.3) is 0 Å². The zero-order valence-electron chi connectivity index (χ0n) is 11.9. The minimum absolute atomic E-state index is 0.985. The Morgan fingerprint density at radius 2 is 2.10 bits per heavy atom. The second kappa shape index (κ2) is 6.14. The third kappa shape index (κ3) is 2.99. The van der Waals surface area contributed by atoms with Crippen molar-refractivity contribution in [3.05, 3.63) is 22.7 Å². The standard InChI is InChI=1S/C15H21BrN4/c1-19-14-11-12(16)5-6-13(14)15(18-19)17-7-4-10-20-8-2-3-9-20/h5-6,11H,2-4,7-10H2,1H3,(H,17,18). The Hall–Kier alpha value is -1.07. The summed E-state index contributed by atoms with van der Waals surface area (Å²) < 4.78 is 3.02. The number of hydrogen-bond acceptors (Lipinski definition) is 3. The molecule has 0 bridgehead atoms. The fourth-order valence-electron chi connectivity index (χ4n) is 2.88. The van der Waals surface area contributed by atoms with E-state index in [0.29, 0.717) is 0 Å². The van der Waals surface area contributed by atoms with Crippen molar-refractivity contribution in [2.75, 3.05) is 31.5 Å². The molecule has 1 fully saturated rings. The molecule has 0 unspecified atom stereocenters. The summed E-state index contributed by atoms with van der Waals surface area (Å²) in [6.07, 6.45) is 3.91. The first-order chi connectivity index (χ1) is 9.74. The van der Waals surface area contributed by atoms with Gasteiger partial charge in [-0.1, -0.05) is 15.9 Å². The number of anilines is 1. The molecule has 0 amide bonds. The van der Waals surface area contributed by atoms with Crippen LogP contribution in [0.15, 0.2) is 22.7 Å². The van der Waals surface area contributed by atoms with E-state index in [9.17, 15) is 0 Å². The third-order valence-corrected chi connectivity index (χ3v) is 4.45. The number of aromatic nitrogens is 2. The van der Waals surface area contributed by atoms with Crippen LogP contribution in [-0.4, -0.2) is 40.9 Å². The molecule has 2 heterocycles. The number of aryl methyl sites for hydroxylation is 1. The van der Waals surface area contributed by atoms with Crippen molar-refractivity contribution in [3.63, 3.8) is 0 Å². The lowest BCUT2D eigenvalue weighted by atomic mass is 10.2. The van der Waals surface area contributed by atoms with Crippen LogP contribution in [0.5, 0.6) is 0 Å². The molecule has 1 saturated heterocycles. The van der Waals surface area contributed by atoms with Crippen LogP contribution >= 0.6 is 15.9 Å². The summed E-state index contributed by atoms with van der Waals surface area (Å²) >= 11 is 3.51. The Morgan fingerprint density at radius 1 is 1.30 bits per heavy atom. The van der Waals surface area contributed by atoms with Crippen LogP contribution in [0, 0.1) is 0 Å². The van der Waals surface area contributed by atoms with Crippen LogP contribution in [0.1, 0.15) is 19.3 Å². The van der Waals surface area contributed by atoms with Crippen molar-refractivity contribution in [3.8, 4) is 0 Å². The molecule has 1 aromatic heterocycles. The van der Waals surface area contributed by atoms with Crippen LogP contribution in [-0.2, 0) is 7.05 Å². The molecular weight excluding hydrogens is 316 g/mol. The van der Waals surface area contributed by atoms with Gasteiger partial charge in [0.2, 0.25) is 0 Å². The van der Waals surface area contributed by atoms with Gasteiger partial charge in [-0.25, -0.2) is 0 Å². The van der Waals surface area contributed by atoms with Gasteiger partial charge >= 0.3 is 0 Å². The zero-order valence-corrected chi connectivity index (χ0v) is 13.5. The Balaban J connectivity index is 1.59. The average molecular weight is 337 g/mol. The maximum absolute atomic E-state index is 4.57. The van der Waals surface area contributed by atoms with Gasteiger partial charge in [-0.3, -0.25) is 4.68 Å². The number of hydrogen-bond donors (Lipinski definition) is 1. The van der Waals surface area contributed by atoms with Crippen molar-refractivity contribution in [2.45, 2.75) is 19.3 Å². The van der Waals surface area contributed by atoms with E-state index >= 15 is 0 Å². The predicted octanol–water partition coefficient (Wildman–Crippen LogP) is 3.23. The molecule has 1 aromatic carbocycles. The van der Waals surface area contributed by atoms with Gasteiger partial charge in [-0.15, -0.1) is 0 Å². The monoisotopic (exact) mass is 336 g/mol. The number of benzene rings is 1. The number of likely N-dealkylation sites (tertiary alicyclic amines) is 1. The van der Waals surface area contributed by atoms with Crippen molar-refractivity contribution in [2.24, 2.45) is 7.05 Å². The second-order valence-electron chi connectivity index (χ2n) is 5.46. The lowest BCUT2D eigenvalue weighted by molar-refractivity contribution is 0.337. The van der Waals surface area contributed by atoms with Crippen molar-refractivity contribution < 1.29 is 0 Å². The number of rotatable bonds is 5. The first-order valence-electron chi connectivity index (χ1n) is 7.32. The molecule has 2 aromatic rings. The molecular formula is C15H21BrN4. The van der Waals surface area contributed by atoms with E-state index in [-0.39, 0.29) is 0 Å². The maximum Gasteiger partial charge on any atom is 0.155 e. The summed E-state index contributed by atoms with van der Waals surface area (Å²) in [5, 5.41) is 9.24. The highest BCUT2D eigenvalue weighted by Gasteiger charge is 2.11. The topological polar surface area (TPSA) is 33.1 Å². The highest BCUT2D eigenvalue weighted by Crippen LogP contribution is 2.25. The molecule has 1 aliphatic heterocycles. The minimum atomic E-state index is 0.985. The zero-order chi connectivity index (χ0) is 13.9. The van der Waals surface area contributed by atoms with E-state index in [2.05, 4.69) is 49.4 Å². The molecule has 1 aliphatic rings. The summed E-state index contributed by atoms with van der Waals surface area (Å²) in [6.45, 7) is 4.74. The highest BCUT2D eigenvalue weighted by atomic mass is 79.9. The smallest absolute Gasteiger partial charge is 0.155 e. The quantitative estimate of drug-likeness (QED) is 0.851. The lowest BCUT2D eigenvalue weighted by Crippen LogP contribution is -2.22. The molecule has 20 heavy (non-hydrogen) atoms. The van der Waals surface area contributed by atoms with E-state index in [1.807, 2.05) is 11.7 Å². The molecule has 3 rings (SSSR count). The molecule has 4 nitrogen and oxygen atoms in total. The predicted molar refractivity (Wildman–Crippen MR) is 87.2 cm³/mol. The average Bonchev–Trinajstić information content (AvgIpc) is 3.04. The molecule has 0 atom stereocenters. The summed E-state index contributed by atoms with van der Waals surface area (Å²) in [7, 11) is 1.99. The number of nitrogens with zero attached hydrogens (tertiary/aromatic N) is 3. The van der Waals surface area contributed by atoms with Gasteiger partial charge in [0.05, 0.1) is 5.52 Å². The Morgan fingerprint density at radius 3 is 2.90 bits per heavy atom.